The third-order valence-electron chi connectivity index (χ3n) is 1.47. The topological polar surface area (TPSA) is 101 Å². The van der Waals surface area contributed by atoms with Crippen molar-refractivity contribution in [2.24, 2.45) is 0 Å². The van der Waals surface area contributed by atoms with Crippen LogP contribution in [0.15, 0.2) is 0 Å². The van der Waals surface area contributed by atoms with Crippen molar-refractivity contribution in [1.82, 2.24) is 0 Å². The van der Waals surface area contributed by atoms with Gasteiger partial charge in [0.25, 0.3) is 0 Å². The van der Waals surface area contributed by atoms with Crippen molar-refractivity contribution < 1.29 is 29.3 Å². The van der Waals surface area contributed by atoms with Gasteiger partial charge in [-0.1, -0.05) is 0 Å². The zero-order valence-corrected chi connectivity index (χ0v) is 7.94. The first-order valence-corrected chi connectivity index (χ1v) is 3.97. The summed E-state index contributed by atoms with van der Waals surface area (Å²) in [7, 11) is 0. The Morgan fingerprint density at radius 2 is 1.86 bits per heavy atom. The van der Waals surface area contributed by atoms with Crippen LogP contribution < -0.4 is 0 Å². The second kappa shape index (κ2) is 4.71. The van der Waals surface area contributed by atoms with Crippen molar-refractivity contribution in [2.45, 2.75) is 25.9 Å². The molecule has 0 aromatic heterocycles. The van der Waals surface area contributed by atoms with E-state index in [0.29, 0.717) is 0 Å². The molecule has 0 amide bonds. The standard InChI is InChI=1S/C8H12O6/c1-3-14-6(10)5(9)4-8(2,13)7(11)12/h13H,3-4H2,1-2H3,(H,11,12). The molecule has 14 heavy (non-hydrogen) atoms. The molecule has 1 unspecified atom stereocenters. The van der Waals surface area contributed by atoms with Crippen molar-refractivity contribution in [3.63, 3.8) is 0 Å². The van der Waals surface area contributed by atoms with E-state index in [1.165, 1.54) is 6.92 Å². The van der Waals surface area contributed by atoms with Gasteiger partial charge in [-0.05, 0) is 13.8 Å². The molecule has 0 aromatic carbocycles. The number of ether oxygens (including phenoxy) is 1. The smallest absolute Gasteiger partial charge is 0.374 e. The van der Waals surface area contributed by atoms with Gasteiger partial charge in [0.2, 0.25) is 5.78 Å². The van der Waals surface area contributed by atoms with Gasteiger partial charge < -0.3 is 14.9 Å². The second-order valence-electron chi connectivity index (χ2n) is 2.90. The molecule has 0 bridgehead atoms. The van der Waals surface area contributed by atoms with Crippen LogP contribution in [0.5, 0.6) is 0 Å². The third kappa shape index (κ3) is 3.53. The number of aliphatic hydroxyl groups is 1. The lowest BCUT2D eigenvalue weighted by Gasteiger charge is -2.15. The monoisotopic (exact) mass is 204 g/mol. The van der Waals surface area contributed by atoms with Crippen LogP contribution in [0.1, 0.15) is 20.3 Å². The Labute approximate surface area is 80.5 Å². The van der Waals surface area contributed by atoms with E-state index >= 15 is 0 Å². The summed E-state index contributed by atoms with van der Waals surface area (Å²) in [4.78, 5) is 32.1. The Kier molecular flexibility index (Phi) is 4.23. The number of rotatable bonds is 5. The minimum Gasteiger partial charge on any atom is -0.479 e. The SMILES string of the molecule is CCOC(=O)C(=O)CC(C)(O)C(=O)O. The number of carboxylic acid groups (broad SMARTS) is 1. The molecule has 0 aliphatic heterocycles. The van der Waals surface area contributed by atoms with E-state index in [0.717, 1.165) is 6.92 Å². The first kappa shape index (κ1) is 12.6. The van der Waals surface area contributed by atoms with Gasteiger partial charge in [0, 0.05) is 0 Å². The molecular formula is C8H12O6. The Bertz CT molecular complexity index is 255. The van der Waals surface area contributed by atoms with Crippen molar-refractivity contribution in [2.75, 3.05) is 6.61 Å². The number of esters is 1. The van der Waals surface area contributed by atoms with E-state index in [9.17, 15) is 14.4 Å². The maximum Gasteiger partial charge on any atom is 0.374 e. The lowest BCUT2D eigenvalue weighted by molar-refractivity contribution is -0.163. The number of Topliss-reactive ketones (excluding diaryl/α,β-unsaturated/α-hetero) is 1. The van der Waals surface area contributed by atoms with Gasteiger partial charge in [0.05, 0.1) is 13.0 Å². The maximum absolute atomic E-state index is 11.0. The quantitative estimate of drug-likeness (QED) is 0.455. The van der Waals surface area contributed by atoms with Gasteiger partial charge in [0.1, 0.15) is 0 Å². The summed E-state index contributed by atoms with van der Waals surface area (Å²) in [6, 6.07) is 0. The van der Waals surface area contributed by atoms with E-state index < -0.39 is 29.7 Å². The highest BCUT2D eigenvalue weighted by atomic mass is 16.5. The van der Waals surface area contributed by atoms with Gasteiger partial charge in [-0.25, -0.2) is 9.59 Å². The van der Waals surface area contributed by atoms with E-state index in [1.54, 1.807) is 0 Å². The van der Waals surface area contributed by atoms with Crippen LogP contribution in [0.4, 0.5) is 0 Å². The molecule has 1 atom stereocenters. The number of aliphatic carboxylic acids is 1. The normalized spacial score (nSPS) is 14.2. The molecular weight excluding hydrogens is 192 g/mol. The van der Waals surface area contributed by atoms with Crippen LogP contribution in [-0.4, -0.2) is 40.1 Å². The van der Waals surface area contributed by atoms with Crippen LogP contribution in [0.25, 0.3) is 0 Å². The predicted octanol–water partition coefficient (Wildman–Crippen LogP) is -0.656. The summed E-state index contributed by atoms with van der Waals surface area (Å²) in [5.74, 6) is -3.75. The maximum atomic E-state index is 11.0. The summed E-state index contributed by atoms with van der Waals surface area (Å²) in [6.45, 7) is 2.48. The van der Waals surface area contributed by atoms with Crippen molar-refractivity contribution in [1.29, 1.82) is 0 Å². The Hall–Kier alpha value is -1.43. The molecule has 6 nitrogen and oxygen atoms in total. The number of ketones is 1. The Balaban J connectivity index is 4.32. The Morgan fingerprint density at radius 1 is 1.36 bits per heavy atom. The lowest BCUT2D eigenvalue weighted by atomic mass is 10.00. The second-order valence-corrected chi connectivity index (χ2v) is 2.90. The van der Waals surface area contributed by atoms with E-state index in [-0.39, 0.29) is 6.61 Å². The highest BCUT2D eigenvalue weighted by Crippen LogP contribution is 2.10. The molecule has 0 aliphatic carbocycles. The Morgan fingerprint density at radius 3 is 2.21 bits per heavy atom. The van der Waals surface area contributed by atoms with E-state index in [1.807, 2.05) is 0 Å². The largest absolute Gasteiger partial charge is 0.479 e. The molecule has 0 rings (SSSR count). The molecule has 6 heteroatoms. The van der Waals surface area contributed by atoms with Crippen LogP contribution in [0.2, 0.25) is 0 Å². The highest BCUT2D eigenvalue weighted by Gasteiger charge is 2.35. The summed E-state index contributed by atoms with van der Waals surface area (Å²) in [6.07, 6.45) is -0.791. The van der Waals surface area contributed by atoms with Gasteiger partial charge in [-0.2, -0.15) is 0 Å². The number of hydrogen-bond acceptors (Lipinski definition) is 5. The molecule has 0 aliphatic rings. The fourth-order valence-electron chi connectivity index (χ4n) is 0.672. The summed E-state index contributed by atoms with van der Waals surface area (Å²) in [5, 5.41) is 17.6. The highest BCUT2D eigenvalue weighted by molar-refractivity contribution is 6.34. The molecule has 80 valence electrons. The predicted molar refractivity (Wildman–Crippen MR) is 44.5 cm³/mol. The number of carboxylic acids is 1. The number of hydrogen-bond donors (Lipinski definition) is 2. The van der Waals surface area contributed by atoms with Crippen molar-refractivity contribution in [3.05, 3.63) is 0 Å². The summed E-state index contributed by atoms with van der Waals surface area (Å²) >= 11 is 0. The average molecular weight is 204 g/mol. The summed E-state index contributed by atoms with van der Waals surface area (Å²) in [5.41, 5.74) is -2.23. The summed E-state index contributed by atoms with van der Waals surface area (Å²) < 4.78 is 4.34. The molecule has 0 radical (unpaired) electrons. The molecule has 0 fully saturated rings. The van der Waals surface area contributed by atoms with Gasteiger partial charge in [-0.15, -0.1) is 0 Å². The first-order valence-electron chi connectivity index (χ1n) is 3.97. The molecule has 0 saturated heterocycles. The zero-order chi connectivity index (χ0) is 11.4. The fraction of sp³-hybridized carbons (Fsp3) is 0.625. The molecule has 0 heterocycles. The van der Waals surface area contributed by atoms with E-state index in [4.69, 9.17) is 10.2 Å². The lowest BCUT2D eigenvalue weighted by Crippen LogP contribution is -2.39. The third-order valence-corrected chi connectivity index (χ3v) is 1.47. The van der Waals surface area contributed by atoms with Crippen molar-refractivity contribution >= 4 is 17.7 Å². The molecule has 0 spiro atoms. The van der Waals surface area contributed by atoms with Crippen LogP contribution >= 0.6 is 0 Å². The van der Waals surface area contributed by atoms with Crippen LogP contribution in [0, 0.1) is 0 Å². The first-order chi connectivity index (χ1) is 6.31. The zero-order valence-electron chi connectivity index (χ0n) is 7.94. The van der Waals surface area contributed by atoms with Gasteiger partial charge in [0.15, 0.2) is 5.60 Å². The molecule has 2 N–H and O–H groups in total. The van der Waals surface area contributed by atoms with Crippen LogP contribution in [-0.2, 0) is 19.1 Å². The van der Waals surface area contributed by atoms with Gasteiger partial charge in [-0.3, -0.25) is 4.79 Å². The van der Waals surface area contributed by atoms with Crippen molar-refractivity contribution in [3.8, 4) is 0 Å². The average Bonchev–Trinajstić information content (AvgIpc) is 2.03. The number of carbonyl (C=O) groups excluding carboxylic acids is 2. The van der Waals surface area contributed by atoms with Gasteiger partial charge >= 0.3 is 11.9 Å². The molecule has 0 aromatic rings. The minimum absolute atomic E-state index is 0.0276. The van der Waals surface area contributed by atoms with E-state index in [2.05, 4.69) is 4.74 Å². The fourth-order valence-corrected chi connectivity index (χ4v) is 0.672. The minimum atomic E-state index is -2.23. The van der Waals surface area contributed by atoms with Crippen LogP contribution in [0.3, 0.4) is 0 Å². The number of carbonyl (C=O) groups is 3. The molecule has 0 saturated carbocycles.